The van der Waals surface area contributed by atoms with Gasteiger partial charge in [-0.25, -0.2) is 0 Å². The monoisotopic (exact) mass is 281 g/mol. The SMILES string of the molecule is CNc1nc(OC(C)C)nc(N2CCOC(C)(C)C2)n1. The molecule has 0 unspecified atom stereocenters. The van der Waals surface area contributed by atoms with E-state index in [1.807, 2.05) is 13.8 Å². The summed E-state index contributed by atoms with van der Waals surface area (Å²) in [6.45, 7) is 10.2. The fourth-order valence-electron chi connectivity index (χ4n) is 2.05. The van der Waals surface area contributed by atoms with Gasteiger partial charge < -0.3 is 19.7 Å². The number of hydrogen-bond acceptors (Lipinski definition) is 7. The minimum Gasteiger partial charge on any atom is -0.461 e. The van der Waals surface area contributed by atoms with Gasteiger partial charge in [-0.05, 0) is 27.7 Å². The van der Waals surface area contributed by atoms with Crippen molar-refractivity contribution in [1.82, 2.24) is 15.0 Å². The molecule has 1 aromatic heterocycles. The summed E-state index contributed by atoms with van der Waals surface area (Å²) >= 11 is 0. The minimum absolute atomic E-state index is 0.0242. The van der Waals surface area contributed by atoms with E-state index in [1.165, 1.54) is 0 Å². The molecule has 1 fully saturated rings. The predicted octanol–water partition coefficient (Wildman–Crippen LogP) is 1.32. The highest BCUT2D eigenvalue weighted by Gasteiger charge is 2.29. The van der Waals surface area contributed by atoms with Crippen molar-refractivity contribution >= 4 is 11.9 Å². The quantitative estimate of drug-likeness (QED) is 0.892. The zero-order chi connectivity index (χ0) is 14.8. The van der Waals surface area contributed by atoms with Gasteiger partial charge in [0.05, 0.1) is 18.3 Å². The van der Waals surface area contributed by atoms with Crippen molar-refractivity contribution in [2.75, 3.05) is 37.0 Å². The normalized spacial score (nSPS) is 18.2. The van der Waals surface area contributed by atoms with Crippen LogP contribution in [0.5, 0.6) is 6.01 Å². The Morgan fingerprint density at radius 2 is 2.05 bits per heavy atom. The summed E-state index contributed by atoms with van der Waals surface area (Å²) in [5, 5.41) is 2.94. The Morgan fingerprint density at radius 1 is 1.30 bits per heavy atom. The maximum atomic E-state index is 5.71. The molecule has 2 heterocycles. The third kappa shape index (κ3) is 3.69. The van der Waals surface area contributed by atoms with E-state index in [0.717, 1.165) is 13.1 Å². The summed E-state index contributed by atoms with van der Waals surface area (Å²) in [6, 6.07) is 0.346. The smallest absolute Gasteiger partial charge is 0.323 e. The van der Waals surface area contributed by atoms with Crippen LogP contribution in [0.25, 0.3) is 0 Å². The van der Waals surface area contributed by atoms with Crippen LogP contribution < -0.4 is 15.0 Å². The lowest BCUT2D eigenvalue weighted by Gasteiger charge is -2.38. The maximum absolute atomic E-state index is 5.71. The van der Waals surface area contributed by atoms with E-state index in [-0.39, 0.29) is 11.7 Å². The van der Waals surface area contributed by atoms with Crippen LogP contribution in [0.3, 0.4) is 0 Å². The Labute approximate surface area is 119 Å². The minimum atomic E-state index is -0.205. The molecule has 0 aliphatic carbocycles. The van der Waals surface area contributed by atoms with Crippen LogP contribution in [0, 0.1) is 0 Å². The molecule has 0 atom stereocenters. The van der Waals surface area contributed by atoms with Gasteiger partial charge in [-0.1, -0.05) is 0 Å². The molecular formula is C13H23N5O2. The Balaban J connectivity index is 2.25. The topological polar surface area (TPSA) is 72.4 Å². The van der Waals surface area contributed by atoms with E-state index in [0.29, 0.717) is 24.5 Å². The van der Waals surface area contributed by atoms with Crippen LogP contribution in [-0.4, -0.2) is 53.4 Å². The molecule has 0 radical (unpaired) electrons. The zero-order valence-corrected chi connectivity index (χ0v) is 12.8. The van der Waals surface area contributed by atoms with Gasteiger partial charge in [0.2, 0.25) is 11.9 Å². The van der Waals surface area contributed by atoms with E-state index in [2.05, 4.69) is 39.0 Å². The third-order valence-corrected chi connectivity index (χ3v) is 2.88. The number of nitrogens with one attached hydrogen (secondary N) is 1. The fourth-order valence-corrected chi connectivity index (χ4v) is 2.05. The van der Waals surface area contributed by atoms with Crippen LogP contribution >= 0.6 is 0 Å². The molecule has 0 saturated carbocycles. The lowest BCUT2D eigenvalue weighted by atomic mass is 10.1. The van der Waals surface area contributed by atoms with Gasteiger partial charge in [-0.15, -0.1) is 0 Å². The van der Waals surface area contributed by atoms with Crippen LogP contribution in [0.4, 0.5) is 11.9 Å². The van der Waals surface area contributed by atoms with Gasteiger partial charge >= 0.3 is 6.01 Å². The van der Waals surface area contributed by atoms with Gasteiger partial charge in [0.25, 0.3) is 0 Å². The molecule has 1 saturated heterocycles. The first-order valence-corrected chi connectivity index (χ1v) is 6.89. The van der Waals surface area contributed by atoms with Crippen molar-refractivity contribution < 1.29 is 9.47 Å². The molecule has 1 aliphatic rings. The number of anilines is 2. The Morgan fingerprint density at radius 3 is 2.65 bits per heavy atom. The van der Waals surface area contributed by atoms with Crippen LogP contribution in [0.15, 0.2) is 0 Å². The Hall–Kier alpha value is -1.63. The lowest BCUT2D eigenvalue weighted by Crippen LogP contribution is -2.49. The van der Waals surface area contributed by atoms with E-state index in [9.17, 15) is 0 Å². The molecule has 2 rings (SSSR count). The summed E-state index contributed by atoms with van der Waals surface area (Å²) in [4.78, 5) is 15.1. The second kappa shape index (κ2) is 5.78. The number of rotatable bonds is 4. The van der Waals surface area contributed by atoms with Crippen molar-refractivity contribution in [2.45, 2.75) is 39.4 Å². The highest BCUT2D eigenvalue weighted by atomic mass is 16.5. The van der Waals surface area contributed by atoms with E-state index in [1.54, 1.807) is 7.05 Å². The van der Waals surface area contributed by atoms with Crippen molar-refractivity contribution in [1.29, 1.82) is 0 Å². The van der Waals surface area contributed by atoms with E-state index in [4.69, 9.17) is 9.47 Å². The van der Waals surface area contributed by atoms with Crippen molar-refractivity contribution in [2.24, 2.45) is 0 Å². The van der Waals surface area contributed by atoms with Crippen LogP contribution in [0.2, 0.25) is 0 Å². The average Bonchev–Trinajstić information content (AvgIpc) is 2.36. The summed E-state index contributed by atoms with van der Waals surface area (Å²) in [5.41, 5.74) is -0.205. The highest BCUT2D eigenvalue weighted by molar-refractivity contribution is 5.39. The largest absolute Gasteiger partial charge is 0.461 e. The van der Waals surface area contributed by atoms with Crippen LogP contribution in [-0.2, 0) is 4.74 Å². The Bertz CT molecular complexity index is 464. The second-order valence-electron chi connectivity index (χ2n) is 5.69. The standard InChI is InChI=1S/C13H23N5O2/c1-9(2)20-12-16-10(14-5)15-11(17-12)18-6-7-19-13(3,4)8-18/h9H,6-8H2,1-5H3,(H,14,15,16,17). The number of morpholine rings is 1. The first-order chi connectivity index (χ1) is 9.39. The molecule has 0 spiro atoms. The molecule has 1 aromatic rings. The van der Waals surface area contributed by atoms with Crippen molar-refractivity contribution in [3.8, 4) is 6.01 Å². The van der Waals surface area contributed by atoms with Gasteiger partial charge in [-0.2, -0.15) is 15.0 Å². The second-order valence-corrected chi connectivity index (χ2v) is 5.69. The molecule has 0 amide bonds. The van der Waals surface area contributed by atoms with Crippen molar-refractivity contribution in [3.05, 3.63) is 0 Å². The fraction of sp³-hybridized carbons (Fsp3) is 0.769. The molecule has 1 N–H and O–H groups in total. The van der Waals surface area contributed by atoms with E-state index >= 15 is 0 Å². The lowest BCUT2D eigenvalue weighted by molar-refractivity contribution is -0.0282. The Kier molecular flexibility index (Phi) is 4.27. The van der Waals surface area contributed by atoms with Crippen molar-refractivity contribution in [3.63, 3.8) is 0 Å². The van der Waals surface area contributed by atoms with Crippen LogP contribution in [0.1, 0.15) is 27.7 Å². The summed E-state index contributed by atoms with van der Waals surface area (Å²) in [7, 11) is 1.78. The molecule has 1 aliphatic heterocycles. The first kappa shape index (κ1) is 14.8. The number of ether oxygens (including phenoxy) is 2. The first-order valence-electron chi connectivity index (χ1n) is 6.89. The highest BCUT2D eigenvalue weighted by Crippen LogP contribution is 2.22. The number of aromatic nitrogens is 3. The van der Waals surface area contributed by atoms with Gasteiger partial charge in [0.1, 0.15) is 0 Å². The zero-order valence-electron chi connectivity index (χ0n) is 12.8. The third-order valence-electron chi connectivity index (χ3n) is 2.88. The summed E-state index contributed by atoms with van der Waals surface area (Å²) < 4.78 is 11.3. The molecule has 20 heavy (non-hydrogen) atoms. The molecule has 7 heteroatoms. The van der Waals surface area contributed by atoms with Gasteiger partial charge in [0, 0.05) is 20.1 Å². The van der Waals surface area contributed by atoms with Gasteiger partial charge in [-0.3, -0.25) is 0 Å². The molecule has 0 aromatic carbocycles. The molecule has 7 nitrogen and oxygen atoms in total. The molecule has 0 bridgehead atoms. The van der Waals surface area contributed by atoms with E-state index < -0.39 is 0 Å². The number of hydrogen-bond donors (Lipinski definition) is 1. The number of nitrogens with zero attached hydrogens (tertiary/aromatic N) is 4. The summed E-state index contributed by atoms with van der Waals surface area (Å²) in [6.07, 6.45) is 0.0242. The van der Waals surface area contributed by atoms with Gasteiger partial charge in [0.15, 0.2) is 0 Å². The molecule has 112 valence electrons. The summed E-state index contributed by atoms with van der Waals surface area (Å²) in [5.74, 6) is 1.13. The average molecular weight is 281 g/mol. The maximum Gasteiger partial charge on any atom is 0.323 e. The predicted molar refractivity (Wildman–Crippen MR) is 77.4 cm³/mol. The molecular weight excluding hydrogens is 258 g/mol.